The Balaban J connectivity index is 1.99. The number of nitrogens with one attached hydrogen (secondary N) is 1. The first-order valence-corrected chi connectivity index (χ1v) is 9.17. The van der Waals surface area contributed by atoms with Crippen molar-refractivity contribution in [2.75, 3.05) is 20.3 Å². The fraction of sp³-hybridized carbons (Fsp3) is 0.238. The lowest BCUT2D eigenvalue weighted by molar-refractivity contribution is 0.0941. The maximum atomic E-state index is 12.8. The van der Waals surface area contributed by atoms with E-state index in [1.807, 2.05) is 55.5 Å². The number of carbonyl (C=O) groups excluding carboxylic acids is 1. The number of halogens is 1. The van der Waals surface area contributed by atoms with Crippen molar-refractivity contribution in [3.8, 4) is 16.9 Å². The Morgan fingerprint density at radius 3 is 2.74 bits per heavy atom. The molecule has 140 valence electrons. The highest BCUT2D eigenvalue weighted by molar-refractivity contribution is 6.33. The van der Waals surface area contributed by atoms with E-state index in [0.29, 0.717) is 29.6 Å². The van der Waals surface area contributed by atoms with Crippen LogP contribution in [0.2, 0.25) is 5.02 Å². The first-order valence-electron chi connectivity index (χ1n) is 8.79. The van der Waals surface area contributed by atoms with Gasteiger partial charge in [-0.1, -0.05) is 41.9 Å². The number of methoxy groups -OCH3 is 1. The lowest BCUT2D eigenvalue weighted by atomic mass is 10.1. The molecule has 0 atom stereocenters. The molecule has 5 nitrogen and oxygen atoms in total. The van der Waals surface area contributed by atoms with Crippen molar-refractivity contribution in [3.63, 3.8) is 0 Å². The second-order valence-corrected chi connectivity index (χ2v) is 6.65. The fourth-order valence-corrected chi connectivity index (χ4v) is 3.04. The molecule has 0 bridgehead atoms. The molecule has 0 saturated carbocycles. The lowest BCUT2D eigenvalue weighted by Gasteiger charge is -2.09. The Labute approximate surface area is 163 Å². The first-order chi connectivity index (χ1) is 13.1. The van der Waals surface area contributed by atoms with Crippen molar-refractivity contribution in [2.45, 2.75) is 13.3 Å². The molecule has 2 aromatic carbocycles. The van der Waals surface area contributed by atoms with E-state index in [1.165, 1.54) is 0 Å². The normalized spacial score (nSPS) is 10.8. The number of hydrogen-bond acceptors (Lipinski definition) is 3. The second kappa shape index (κ2) is 8.84. The number of benzene rings is 2. The van der Waals surface area contributed by atoms with Crippen LogP contribution in [0.25, 0.3) is 16.9 Å². The number of hydrogen-bond donors (Lipinski definition) is 1. The summed E-state index contributed by atoms with van der Waals surface area (Å²) in [6.07, 6.45) is 0.748. The number of nitrogens with zero attached hydrogens (tertiary/aromatic N) is 2. The third kappa shape index (κ3) is 4.56. The molecule has 0 aliphatic carbocycles. The molecule has 0 aliphatic rings. The minimum atomic E-state index is -0.182. The van der Waals surface area contributed by atoms with Gasteiger partial charge in [0.05, 0.1) is 16.4 Å². The van der Waals surface area contributed by atoms with Gasteiger partial charge in [0.2, 0.25) is 0 Å². The largest absolute Gasteiger partial charge is 0.385 e. The number of amides is 1. The van der Waals surface area contributed by atoms with Crippen LogP contribution in [0.4, 0.5) is 0 Å². The summed E-state index contributed by atoms with van der Waals surface area (Å²) < 4.78 is 6.69. The highest BCUT2D eigenvalue weighted by Gasteiger charge is 2.18. The zero-order valence-electron chi connectivity index (χ0n) is 15.4. The van der Waals surface area contributed by atoms with Gasteiger partial charge in [-0.2, -0.15) is 5.10 Å². The summed E-state index contributed by atoms with van der Waals surface area (Å²) in [6.45, 7) is 3.14. The van der Waals surface area contributed by atoms with Gasteiger partial charge in [0.25, 0.3) is 5.91 Å². The van der Waals surface area contributed by atoms with Crippen LogP contribution in [0.1, 0.15) is 22.5 Å². The molecule has 0 spiro atoms. The van der Waals surface area contributed by atoms with Crippen molar-refractivity contribution < 1.29 is 9.53 Å². The van der Waals surface area contributed by atoms with E-state index in [-0.39, 0.29) is 5.91 Å². The maximum Gasteiger partial charge on any atom is 0.270 e. The number of ether oxygens (including phenoxy) is 1. The highest BCUT2D eigenvalue weighted by atomic mass is 35.5. The van der Waals surface area contributed by atoms with Crippen LogP contribution in [0.5, 0.6) is 0 Å². The molecule has 3 rings (SSSR count). The Morgan fingerprint density at radius 2 is 2.00 bits per heavy atom. The Kier molecular flexibility index (Phi) is 6.27. The molecule has 1 heterocycles. The van der Waals surface area contributed by atoms with Crippen molar-refractivity contribution in [3.05, 3.63) is 70.9 Å². The Bertz CT molecular complexity index is 937. The van der Waals surface area contributed by atoms with E-state index in [9.17, 15) is 4.79 Å². The molecule has 1 amide bonds. The molecular weight excluding hydrogens is 362 g/mol. The van der Waals surface area contributed by atoms with Gasteiger partial charge >= 0.3 is 0 Å². The van der Waals surface area contributed by atoms with Crippen molar-refractivity contribution in [1.29, 1.82) is 0 Å². The summed E-state index contributed by atoms with van der Waals surface area (Å²) in [5, 5.41) is 8.19. The standard InChI is InChI=1S/C21H22ClN3O2/c1-15-7-5-8-16(13-15)25-20(21(26)23-11-6-12-27-2)14-19(24-25)17-9-3-4-10-18(17)22/h3-5,7-10,13-14H,6,11-12H2,1-2H3,(H,23,26). The van der Waals surface area contributed by atoms with Gasteiger partial charge in [-0.15, -0.1) is 0 Å². The number of rotatable bonds is 7. The molecule has 1 N–H and O–H groups in total. The third-order valence-electron chi connectivity index (χ3n) is 4.15. The maximum absolute atomic E-state index is 12.8. The summed E-state index contributed by atoms with van der Waals surface area (Å²) >= 11 is 6.33. The van der Waals surface area contributed by atoms with Gasteiger partial charge in [-0.3, -0.25) is 4.79 Å². The van der Waals surface area contributed by atoms with Crippen LogP contribution in [0.15, 0.2) is 54.6 Å². The van der Waals surface area contributed by atoms with Crippen molar-refractivity contribution in [1.82, 2.24) is 15.1 Å². The molecule has 6 heteroatoms. The molecule has 0 unspecified atom stereocenters. The fourth-order valence-electron chi connectivity index (χ4n) is 2.81. The first kappa shape index (κ1) is 19.1. The molecule has 0 fully saturated rings. The quantitative estimate of drug-likeness (QED) is 0.620. The highest BCUT2D eigenvalue weighted by Crippen LogP contribution is 2.28. The summed E-state index contributed by atoms with van der Waals surface area (Å²) in [5.41, 5.74) is 3.83. The minimum absolute atomic E-state index is 0.182. The number of carbonyl (C=O) groups is 1. The zero-order valence-corrected chi connectivity index (χ0v) is 16.2. The van der Waals surface area contributed by atoms with Crippen LogP contribution in [-0.4, -0.2) is 35.9 Å². The van der Waals surface area contributed by atoms with Crippen LogP contribution >= 0.6 is 11.6 Å². The summed E-state index contributed by atoms with van der Waals surface area (Å²) in [6, 6.07) is 17.1. The topological polar surface area (TPSA) is 56.1 Å². The van der Waals surface area contributed by atoms with Crippen LogP contribution in [-0.2, 0) is 4.74 Å². The monoisotopic (exact) mass is 383 g/mol. The van der Waals surface area contributed by atoms with E-state index in [1.54, 1.807) is 17.9 Å². The van der Waals surface area contributed by atoms with Gasteiger partial charge in [0, 0.05) is 25.8 Å². The average Bonchev–Trinajstić information content (AvgIpc) is 3.11. The van der Waals surface area contributed by atoms with Crippen LogP contribution in [0, 0.1) is 6.92 Å². The predicted molar refractivity (Wildman–Crippen MR) is 108 cm³/mol. The van der Waals surface area contributed by atoms with Gasteiger partial charge in [-0.05, 0) is 43.2 Å². The lowest BCUT2D eigenvalue weighted by Crippen LogP contribution is -2.27. The zero-order chi connectivity index (χ0) is 19.2. The van der Waals surface area contributed by atoms with Crippen molar-refractivity contribution in [2.24, 2.45) is 0 Å². The van der Waals surface area contributed by atoms with Gasteiger partial charge in [-0.25, -0.2) is 4.68 Å². The molecule has 0 saturated heterocycles. The van der Waals surface area contributed by atoms with E-state index < -0.39 is 0 Å². The van der Waals surface area contributed by atoms with Crippen molar-refractivity contribution >= 4 is 17.5 Å². The van der Waals surface area contributed by atoms with Crippen LogP contribution in [0.3, 0.4) is 0 Å². The second-order valence-electron chi connectivity index (χ2n) is 6.25. The van der Waals surface area contributed by atoms with Gasteiger partial charge in [0.15, 0.2) is 0 Å². The molecular formula is C21H22ClN3O2. The Hall–Kier alpha value is -2.63. The average molecular weight is 384 g/mol. The minimum Gasteiger partial charge on any atom is -0.385 e. The van der Waals surface area contributed by atoms with Gasteiger partial charge < -0.3 is 10.1 Å². The van der Waals surface area contributed by atoms with Crippen LogP contribution < -0.4 is 5.32 Å². The number of aromatic nitrogens is 2. The summed E-state index contributed by atoms with van der Waals surface area (Å²) in [7, 11) is 1.64. The van der Waals surface area contributed by atoms with E-state index in [0.717, 1.165) is 23.2 Å². The molecule has 1 aromatic heterocycles. The summed E-state index contributed by atoms with van der Waals surface area (Å²) in [4.78, 5) is 12.8. The molecule has 3 aromatic rings. The smallest absolute Gasteiger partial charge is 0.270 e. The van der Waals surface area contributed by atoms with E-state index >= 15 is 0 Å². The van der Waals surface area contributed by atoms with E-state index in [2.05, 4.69) is 10.4 Å². The molecule has 0 radical (unpaired) electrons. The van der Waals surface area contributed by atoms with E-state index in [4.69, 9.17) is 16.3 Å². The third-order valence-corrected chi connectivity index (χ3v) is 4.48. The molecule has 27 heavy (non-hydrogen) atoms. The SMILES string of the molecule is COCCCNC(=O)c1cc(-c2ccccc2Cl)nn1-c1cccc(C)c1. The number of aryl methyl sites for hydroxylation is 1. The Morgan fingerprint density at radius 1 is 1.19 bits per heavy atom. The predicted octanol–water partition coefficient (Wildman–Crippen LogP) is 4.27. The summed E-state index contributed by atoms with van der Waals surface area (Å²) in [5.74, 6) is -0.182. The molecule has 0 aliphatic heterocycles. The van der Waals surface area contributed by atoms with Gasteiger partial charge in [0.1, 0.15) is 5.69 Å².